The second kappa shape index (κ2) is 12.1. The van der Waals surface area contributed by atoms with Crippen LogP contribution in [0.3, 0.4) is 0 Å². The van der Waals surface area contributed by atoms with Crippen molar-refractivity contribution in [2.45, 2.75) is 73.2 Å². The molecule has 11 nitrogen and oxygen atoms in total. The van der Waals surface area contributed by atoms with E-state index in [1.165, 1.54) is 0 Å². The van der Waals surface area contributed by atoms with Crippen LogP contribution in [-0.2, 0) is 19.6 Å². The van der Waals surface area contributed by atoms with Gasteiger partial charge in [-0.05, 0) is 59.4 Å². The van der Waals surface area contributed by atoms with Crippen LogP contribution in [0.25, 0.3) is 11.1 Å². The molecule has 3 saturated heterocycles. The summed E-state index contributed by atoms with van der Waals surface area (Å²) in [6.07, 6.45) is -10.4. The second-order valence-electron chi connectivity index (χ2n) is 11.5. The fourth-order valence-electron chi connectivity index (χ4n) is 6.48. The van der Waals surface area contributed by atoms with Crippen molar-refractivity contribution in [1.82, 2.24) is 0 Å². The average Bonchev–Trinajstić information content (AvgIpc) is 3.29. The van der Waals surface area contributed by atoms with Gasteiger partial charge in [0.05, 0.1) is 6.61 Å². The molecule has 2 aromatic carbocycles. The van der Waals surface area contributed by atoms with E-state index in [0.29, 0.717) is 43.4 Å². The third-order valence-electron chi connectivity index (χ3n) is 8.98. The van der Waals surface area contributed by atoms with E-state index in [-0.39, 0.29) is 11.2 Å². The predicted molar refractivity (Wildman–Crippen MR) is 154 cm³/mol. The monoisotopic (exact) mass is 606 g/mol. The average molecular weight is 607 g/mol. The standard InChI is InChI=1S/C33H34O11/c34-15-25-29(38)31(40)27(36)23(43-25)7-3-17-1-5-19-20-6-2-18(4-8-24-28(37)32(41)30(39)26(16-35)44-24)14-22(20)33(21(19)13-17)9-11-42-12-10-33/h1-2,5-6,13-15,23-24,26-32,34-41H,9-12,16H2/b25-15+/t23?,24?,26-,27-,28-,29-,30-,31-,32-/m1/s1. The first kappa shape index (κ1) is 30.6. The van der Waals surface area contributed by atoms with Gasteiger partial charge in [-0.2, -0.15) is 0 Å². The first-order valence-electron chi connectivity index (χ1n) is 14.4. The number of hydrogen-bond donors (Lipinski definition) is 8. The number of hydrogen-bond acceptors (Lipinski definition) is 11. The lowest BCUT2D eigenvalue weighted by Gasteiger charge is -2.37. The van der Waals surface area contributed by atoms with Gasteiger partial charge in [0.15, 0.2) is 11.9 Å². The summed E-state index contributed by atoms with van der Waals surface area (Å²) in [4.78, 5) is 0. The van der Waals surface area contributed by atoms with Crippen LogP contribution in [0.15, 0.2) is 48.4 Å². The summed E-state index contributed by atoms with van der Waals surface area (Å²) in [7, 11) is 0. The Bertz CT molecular complexity index is 1550. The molecule has 1 spiro atoms. The Morgan fingerprint density at radius 1 is 0.750 bits per heavy atom. The zero-order chi connectivity index (χ0) is 31.2. The van der Waals surface area contributed by atoms with Crippen molar-refractivity contribution in [3.63, 3.8) is 0 Å². The predicted octanol–water partition coefficient (Wildman–Crippen LogP) is -0.810. The van der Waals surface area contributed by atoms with E-state index in [9.17, 15) is 40.9 Å². The van der Waals surface area contributed by atoms with Crippen LogP contribution < -0.4 is 0 Å². The van der Waals surface area contributed by atoms with Gasteiger partial charge in [-0.1, -0.05) is 35.8 Å². The number of aliphatic hydroxyl groups excluding tert-OH is 8. The number of ether oxygens (including phenoxy) is 3. The van der Waals surface area contributed by atoms with Crippen LogP contribution in [0, 0.1) is 23.7 Å². The van der Waals surface area contributed by atoms with Gasteiger partial charge in [0.25, 0.3) is 0 Å². The van der Waals surface area contributed by atoms with Gasteiger partial charge < -0.3 is 55.1 Å². The van der Waals surface area contributed by atoms with Gasteiger partial charge in [-0.3, -0.25) is 0 Å². The van der Waals surface area contributed by atoms with Crippen LogP contribution in [0.5, 0.6) is 0 Å². The smallest absolute Gasteiger partial charge is 0.187 e. The Morgan fingerprint density at radius 2 is 1.32 bits per heavy atom. The van der Waals surface area contributed by atoms with Crippen molar-refractivity contribution in [2.24, 2.45) is 0 Å². The Hall–Kier alpha value is -3.46. The Kier molecular flexibility index (Phi) is 8.44. The number of aliphatic hydroxyl groups is 8. The molecule has 2 aromatic rings. The lowest BCUT2D eigenvalue weighted by Crippen LogP contribution is -2.58. The Morgan fingerprint density at radius 3 is 1.89 bits per heavy atom. The maximum Gasteiger partial charge on any atom is 0.187 e. The summed E-state index contributed by atoms with van der Waals surface area (Å²) in [6, 6.07) is 11.7. The number of fused-ring (bicyclic) bond motifs is 5. The fourth-order valence-corrected chi connectivity index (χ4v) is 6.48. The molecular formula is C33H34O11. The van der Waals surface area contributed by atoms with E-state index < -0.39 is 61.5 Å². The Labute approximate surface area is 253 Å². The zero-order valence-corrected chi connectivity index (χ0v) is 23.6. The molecule has 0 radical (unpaired) electrons. The number of benzene rings is 2. The van der Waals surface area contributed by atoms with Crippen LogP contribution >= 0.6 is 0 Å². The SMILES string of the molecule is O/C=C1/OC(C#Cc2ccc3c(c2)C2(CCOCC2)c2cc(C#CC4O[C@H](CO)[C@@H](O)[C@H](O)[C@@H]4O)ccc2-3)[C@@H](O)[C@@H](O)[C@@H]1O. The summed E-state index contributed by atoms with van der Waals surface area (Å²) in [5, 5.41) is 79.8. The normalized spacial score (nSPS) is 34.6. The zero-order valence-electron chi connectivity index (χ0n) is 23.6. The van der Waals surface area contributed by atoms with Crippen molar-refractivity contribution < 1.29 is 55.1 Å². The molecule has 232 valence electrons. The minimum atomic E-state index is -1.57. The quantitative estimate of drug-likeness (QED) is 0.150. The van der Waals surface area contributed by atoms with Gasteiger partial charge in [0.2, 0.25) is 0 Å². The largest absolute Gasteiger partial charge is 0.512 e. The summed E-state index contributed by atoms with van der Waals surface area (Å²) in [6.45, 7) is 0.569. The van der Waals surface area contributed by atoms with E-state index in [1.807, 2.05) is 36.4 Å². The third-order valence-corrected chi connectivity index (χ3v) is 8.98. The van der Waals surface area contributed by atoms with Gasteiger partial charge in [-0.15, -0.1) is 0 Å². The molecule has 0 saturated carbocycles. The molecular weight excluding hydrogens is 572 g/mol. The van der Waals surface area contributed by atoms with Crippen molar-refractivity contribution in [1.29, 1.82) is 0 Å². The van der Waals surface area contributed by atoms with Crippen molar-refractivity contribution in [3.05, 3.63) is 70.7 Å². The second-order valence-corrected chi connectivity index (χ2v) is 11.5. The van der Waals surface area contributed by atoms with Crippen molar-refractivity contribution in [2.75, 3.05) is 19.8 Å². The van der Waals surface area contributed by atoms with E-state index in [2.05, 4.69) is 23.7 Å². The topological polar surface area (TPSA) is 190 Å². The molecule has 4 aliphatic rings. The first-order valence-corrected chi connectivity index (χ1v) is 14.4. The maximum absolute atomic E-state index is 10.4. The lowest BCUT2D eigenvalue weighted by molar-refractivity contribution is -0.214. The fraction of sp³-hybridized carbons (Fsp3) is 0.455. The van der Waals surface area contributed by atoms with Crippen LogP contribution in [-0.4, -0.2) is 116 Å². The minimum absolute atomic E-state index is 0.280. The molecule has 3 fully saturated rings. The number of rotatable bonds is 1. The highest BCUT2D eigenvalue weighted by Crippen LogP contribution is 2.54. The molecule has 3 heterocycles. The highest BCUT2D eigenvalue weighted by Gasteiger charge is 2.45. The molecule has 9 atom stereocenters. The summed E-state index contributed by atoms with van der Waals surface area (Å²) >= 11 is 0. The molecule has 2 unspecified atom stereocenters. The van der Waals surface area contributed by atoms with Crippen LogP contribution in [0.4, 0.5) is 0 Å². The molecule has 3 aliphatic heterocycles. The summed E-state index contributed by atoms with van der Waals surface area (Å²) in [5.74, 6) is 11.4. The van der Waals surface area contributed by atoms with Crippen molar-refractivity contribution in [3.8, 4) is 34.8 Å². The highest BCUT2D eigenvalue weighted by molar-refractivity contribution is 5.82. The molecule has 11 heteroatoms. The summed E-state index contributed by atoms with van der Waals surface area (Å²) < 4.78 is 16.7. The van der Waals surface area contributed by atoms with Crippen LogP contribution in [0.2, 0.25) is 0 Å². The first-order chi connectivity index (χ1) is 21.2. The molecule has 44 heavy (non-hydrogen) atoms. The highest BCUT2D eigenvalue weighted by atomic mass is 16.5. The Balaban J connectivity index is 1.31. The van der Waals surface area contributed by atoms with E-state index in [1.54, 1.807) is 0 Å². The van der Waals surface area contributed by atoms with E-state index >= 15 is 0 Å². The van der Waals surface area contributed by atoms with Gasteiger partial charge in [0, 0.05) is 29.8 Å². The molecule has 8 N–H and O–H groups in total. The minimum Gasteiger partial charge on any atom is -0.512 e. The lowest BCUT2D eigenvalue weighted by atomic mass is 9.72. The van der Waals surface area contributed by atoms with Crippen LogP contribution in [0.1, 0.15) is 35.1 Å². The molecule has 0 amide bonds. The van der Waals surface area contributed by atoms with Crippen molar-refractivity contribution >= 4 is 0 Å². The molecule has 1 aliphatic carbocycles. The van der Waals surface area contributed by atoms with Gasteiger partial charge in [-0.25, -0.2) is 0 Å². The van der Waals surface area contributed by atoms with Gasteiger partial charge in [0.1, 0.15) is 55.1 Å². The third kappa shape index (κ3) is 5.17. The van der Waals surface area contributed by atoms with E-state index in [4.69, 9.17) is 14.2 Å². The molecule has 6 rings (SSSR count). The summed E-state index contributed by atoms with van der Waals surface area (Å²) in [5.41, 5.74) is 5.16. The maximum atomic E-state index is 10.4. The molecule has 0 bridgehead atoms. The van der Waals surface area contributed by atoms with Gasteiger partial charge >= 0.3 is 0 Å². The van der Waals surface area contributed by atoms with E-state index in [0.717, 1.165) is 22.3 Å². The molecule has 0 aromatic heterocycles.